The van der Waals surface area contributed by atoms with Crippen molar-refractivity contribution >= 4 is 5.91 Å². The van der Waals surface area contributed by atoms with Crippen LogP contribution in [-0.2, 0) is 38.0 Å². The normalized spacial score (nSPS) is 51.1. The Bertz CT molecular complexity index is 965. The molecule has 0 radical (unpaired) electrons. The SMILES string of the molecule is CC(=O)N[C@@H]1[C@@H](O[C@@H]2O[C@H](CO)[C@H](O)[C@H](O)[C@H]2O[C@@H]2OC[C@@H](O)[C@@H](O)[C@@H]2O)[C@H](O[C@@H]2O[C@@H](C)[C@@H](O)[C@@H](O)[C@@H]2O)[C@@H](CO)O[C@H]1O. The minimum atomic E-state index is -1.92. The van der Waals surface area contributed by atoms with E-state index in [2.05, 4.69) is 5.32 Å². The Balaban J connectivity index is 1.68. The summed E-state index contributed by atoms with van der Waals surface area (Å²) in [4.78, 5) is 12.1. The number of rotatable bonds is 9. The Labute approximate surface area is 256 Å². The first kappa shape index (κ1) is 36.6. The summed E-state index contributed by atoms with van der Waals surface area (Å²) in [5.41, 5.74) is 0. The number of carbonyl (C=O) groups excluding carboxylic acids is 1. The molecule has 20 heteroatoms. The summed E-state index contributed by atoms with van der Waals surface area (Å²) >= 11 is 0. The van der Waals surface area contributed by atoms with E-state index in [1.54, 1.807) is 0 Å². The maximum Gasteiger partial charge on any atom is 0.217 e. The largest absolute Gasteiger partial charge is 0.394 e. The predicted molar refractivity (Wildman–Crippen MR) is 138 cm³/mol. The molecule has 45 heavy (non-hydrogen) atoms. The van der Waals surface area contributed by atoms with Gasteiger partial charge in [-0.25, -0.2) is 0 Å². The average Bonchev–Trinajstić information content (AvgIpc) is 3.00. The number of hydrogen-bond donors (Lipinski definition) is 12. The summed E-state index contributed by atoms with van der Waals surface area (Å²) < 4.78 is 39.4. The number of ether oxygens (including phenoxy) is 7. The van der Waals surface area contributed by atoms with Crippen molar-refractivity contribution in [3.8, 4) is 0 Å². The molecule has 1 amide bonds. The number of amides is 1. The van der Waals surface area contributed by atoms with Crippen LogP contribution in [-0.4, -0.2) is 199 Å². The van der Waals surface area contributed by atoms with Gasteiger partial charge in [-0.15, -0.1) is 0 Å². The highest BCUT2D eigenvalue weighted by molar-refractivity contribution is 5.73. The molecule has 0 aliphatic carbocycles. The third-order valence-electron chi connectivity index (χ3n) is 8.18. The Morgan fingerprint density at radius 1 is 0.667 bits per heavy atom. The first-order valence-corrected chi connectivity index (χ1v) is 14.4. The van der Waals surface area contributed by atoms with Gasteiger partial charge in [0.05, 0.1) is 25.9 Å². The summed E-state index contributed by atoms with van der Waals surface area (Å²) in [5.74, 6) is -0.703. The summed E-state index contributed by atoms with van der Waals surface area (Å²) in [7, 11) is 0. The molecular weight excluding hydrogens is 618 g/mol. The zero-order valence-electron chi connectivity index (χ0n) is 24.3. The third-order valence-corrected chi connectivity index (χ3v) is 8.18. The Morgan fingerprint density at radius 2 is 1.27 bits per heavy atom. The Morgan fingerprint density at radius 3 is 1.89 bits per heavy atom. The van der Waals surface area contributed by atoms with Crippen molar-refractivity contribution in [2.45, 2.75) is 131 Å². The molecule has 262 valence electrons. The second kappa shape index (κ2) is 15.3. The lowest BCUT2D eigenvalue weighted by Crippen LogP contribution is -2.70. The zero-order chi connectivity index (χ0) is 33.3. The first-order chi connectivity index (χ1) is 21.2. The molecule has 20 nitrogen and oxygen atoms in total. The Hall–Kier alpha value is -1.25. The number of aliphatic hydroxyl groups is 11. The van der Waals surface area contributed by atoms with Gasteiger partial charge in [0, 0.05) is 6.92 Å². The molecule has 19 atom stereocenters. The lowest BCUT2D eigenvalue weighted by Gasteiger charge is -2.50. The van der Waals surface area contributed by atoms with Crippen molar-refractivity contribution in [1.82, 2.24) is 5.32 Å². The fourth-order valence-electron chi connectivity index (χ4n) is 5.58. The molecule has 4 rings (SSSR count). The molecule has 0 spiro atoms. The second-order valence-electron chi connectivity index (χ2n) is 11.4. The van der Waals surface area contributed by atoms with Crippen LogP contribution in [0.15, 0.2) is 0 Å². The summed E-state index contributed by atoms with van der Waals surface area (Å²) in [5, 5.41) is 116. The molecule has 12 N–H and O–H groups in total. The minimum Gasteiger partial charge on any atom is -0.394 e. The zero-order valence-corrected chi connectivity index (χ0v) is 24.3. The van der Waals surface area contributed by atoms with Crippen molar-refractivity contribution < 1.29 is 94.1 Å². The van der Waals surface area contributed by atoms with E-state index in [4.69, 9.17) is 33.2 Å². The van der Waals surface area contributed by atoms with E-state index in [-0.39, 0.29) is 0 Å². The molecule has 0 aromatic rings. The standard InChI is InChI=1S/C25H43NO19/c1-6-12(31)15(34)18(37)24(40-6)43-19-10(4-28)41-22(38)11(26-7(2)29)20(19)44-25-21(16(35)14(33)9(3-27)42-25)45-23-17(36)13(32)8(30)5-39-23/h6,8-25,27-28,30-38H,3-5H2,1-2H3,(H,26,29)/t6-,8+,9+,10+,11+,12+,13+,14-,15+,16-,17-,18-,19+,20+,21+,22+,23-,24-,25-/m0/s1. The molecule has 0 unspecified atom stereocenters. The average molecular weight is 662 g/mol. The highest BCUT2D eigenvalue weighted by atomic mass is 16.8. The van der Waals surface area contributed by atoms with Gasteiger partial charge in [0.25, 0.3) is 0 Å². The summed E-state index contributed by atoms with van der Waals surface area (Å²) in [6.07, 6.45) is -30.0. The van der Waals surface area contributed by atoms with Crippen molar-refractivity contribution in [3.63, 3.8) is 0 Å². The summed E-state index contributed by atoms with van der Waals surface area (Å²) in [6.45, 7) is 0.298. The van der Waals surface area contributed by atoms with E-state index >= 15 is 0 Å². The predicted octanol–water partition coefficient (Wildman–Crippen LogP) is -7.94. The number of hydrogen-bond acceptors (Lipinski definition) is 19. The van der Waals surface area contributed by atoms with Gasteiger partial charge in [0.1, 0.15) is 85.4 Å². The highest BCUT2D eigenvalue weighted by Crippen LogP contribution is 2.34. The van der Waals surface area contributed by atoms with E-state index in [0.29, 0.717) is 0 Å². The fraction of sp³-hybridized carbons (Fsp3) is 0.960. The van der Waals surface area contributed by atoms with Crippen LogP contribution in [0.1, 0.15) is 13.8 Å². The Kier molecular flexibility index (Phi) is 12.5. The van der Waals surface area contributed by atoms with Crippen LogP contribution < -0.4 is 5.32 Å². The van der Waals surface area contributed by atoms with Gasteiger partial charge in [-0.3, -0.25) is 4.79 Å². The molecule has 4 aliphatic rings. The van der Waals surface area contributed by atoms with E-state index in [0.717, 1.165) is 6.92 Å². The van der Waals surface area contributed by atoms with Gasteiger partial charge < -0.3 is 94.6 Å². The highest BCUT2D eigenvalue weighted by Gasteiger charge is 2.55. The third kappa shape index (κ3) is 7.74. The van der Waals surface area contributed by atoms with Crippen molar-refractivity contribution in [2.24, 2.45) is 0 Å². The van der Waals surface area contributed by atoms with Gasteiger partial charge in [-0.2, -0.15) is 0 Å². The molecule has 4 fully saturated rings. The minimum absolute atomic E-state index is 0.493. The molecule has 0 bridgehead atoms. The van der Waals surface area contributed by atoms with Gasteiger partial charge in [-0.05, 0) is 6.92 Å². The van der Waals surface area contributed by atoms with Crippen LogP contribution >= 0.6 is 0 Å². The van der Waals surface area contributed by atoms with E-state index in [9.17, 15) is 61.0 Å². The molecule has 0 aromatic heterocycles. The van der Waals surface area contributed by atoms with E-state index in [1.165, 1.54) is 6.92 Å². The van der Waals surface area contributed by atoms with Gasteiger partial charge in [0.2, 0.25) is 5.91 Å². The number of aliphatic hydroxyl groups excluding tert-OH is 11. The second-order valence-corrected chi connectivity index (χ2v) is 11.4. The molecule has 0 aromatic carbocycles. The van der Waals surface area contributed by atoms with Crippen LogP contribution in [0.25, 0.3) is 0 Å². The van der Waals surface area contributed by atoms with Gasteiger partial charge >= 0.3 is 0 Å². The quantitative estimate of drug-likeness (QED) is 0.109. The van der Waals surface area contributed by atoms with Crippen molar-refractivity contribution in [2.75, 3.05) is 19.8 Å². The van der Waals surface area contributed by atoms with Crippen LogP contribution in [0.2, 0.25) is 0 Å². The van der Waals surface area contributed by atoms with Crippen molar-refractivity contribution in [3.05, 3.63) is 0 Å². The maximum absolute atomic E-state index is 12.1. The van der Waals surface area contributed by atoms with Crippen molar-refractivity contribution in [1.29, 1.82) is 0 Å². The molecule has 4 saturated heterocycles. The maximum atomic E-state index is 12.1. The van der Waals surface area contributed by atoms with Crippen LogP contribution in [0.4, 0.5) is 0 Å². The van der Waals surface area contributed by atoms with Gasteiger partial charge in [0.15, 0.2) is 25.2 Å². The molecule has 4 heterocycles. The monoisotopic (exact) mass is 661 g/mol. The topological polar surface area (TPSA) is 316 Å². The van der Waals surface area contributed by atoms with E-state index in [1.807, 2.05) is 0 Å². The number of nitrogens with one attached hydrogen (secondary N) is 1. The van der Waals surface area contributed by atoms with Crippen LogP contribution in [0.5, 0.6) is 0 Å². The summed E-state index contributed by atoms with van der Waals surface area (Å²) in [6, 6.07) is -1.53. The van der Waals surface area contributed by atoms with E-state index < -0.39 is 142 Å². The van der Waals surface area contributed by atoms with Gasteiger partial charge in [-0.1, -0.05) is 0 Å². The molecule has 4 aliphatic heterocycles. The smallest absolute Gasteiger partial charge is 0.217 e. The lowest BCUT2D eigenvalue weighted by atomic mass is 9.94. The van der Waals surface area contributed by atoms with Crippen LogP contribution in [0.3, 0.4) is 0 Å². The molecular formula is C25H43NO19. The number of carbonyl (C=O) groups is 1. The first-order valence-electron chi connectivity index (χ1n) is 14.4. The van der Waals surface area contributed by atoms with Crippen LogP contribution in [0, 0.1) is 0 Å². The molecule has 0 saturated carbocycles. The fourth-order valence-corrected chi connectivity index (χ4v) is 5.58. The lowest BCUT2D eigenvalue weighted by molar-refractivity contribution is -0.387.